The van der Waals surface area contributed by atoms with E-state index < -0.39 is 0 Å². The molecule has 0 radical (unpaired) electrons. The Bertz CT molecular complexity index is 381. The third-order valence-electron chi connectivity index (χ3n) is 2.55. The number of benzene rings is 1. The molecular formula is C13H17Cl2NO. The molecule has 0 heterocycles. The smallest absolute Gasteiger partial charge is 0.224 e. The third-order valence-corrected chi connectivity index (χ3v) is 3.38. The molecule has 0 saturated heterocycles. The molecule has 1 rings (SSSR count). The molecule has 94 valence electrons. The van der Waals surface area contributed by atoms with Crippen molar-refractivity contribution < 1.29 is 4.79 Å². The summed E-state index contributed by atoms with van der Waals surface area (Å²) in [6.07, 6.45) is 0.723. The lowest BCUT2D eigenvalue weighted by Crippen LogP contribution is -2.38. The van der Waals surface area contributed by atoms with Crippen LogP contribution in [0.15, 0.2) is 24.3 Å². The first-order valence-electron chi connectivity index (χ1n) is 5.64. The topological polar surface area (TPSA) is 29.1 Å². The summed E-state index contributed by atoms with van der Waals surface area (Å²) in [6, 6.07) is 7.71. The largest absolute Gasteiger partial charge is 0.353 e. The Hall–Kier alpha value is -0.730. The fraction of sp³-hybridized carbons (Fsp3) is 0.462. The van der Waals surface area contributed by atoms with E-state index in [-0.39, 0.29) is 17.9 Å². The minimum atomic E-state index is -0.162. The first-order chi connectivity index (χ1) is 8.04. The maximum Gasteiger partial charge on any atom is 0.224 e. The SMILES string of the molecule is CC(Cc1ccccc1Cl)NC(=O)C(C)CCl. The maximum atomic E-state index is 11.6. The molecule has 0 aliphatic heterocycles. The second-order valence-corrected chi connectivity index (χ2v) is 4.98. The molecule has 0 saturated carbocycles. The molecule has 1 aromatic carbocycles. The van der Waals surface area contributed by atoms with Gasteiger partial charge < -0.3 is 5.32 Å². The summed E-state index contributed by atoms with van der Waals surface area (Å²) in [7, 11) is 0. The van der Waals surface area contributed by atoms with Crippen LogP contribution in [0.2, 0.25) is 5.02 Å². The second-order valence-electron chi connectivity index (χ2n) is 4.26. The number of amides is 1. The lowest BCUT2D eigenvalue weighted by atomic mass is 10.1. The Balaban J connectivity index is 2.53. The highest BCUT2D eigenvalue weighted by molar-refractivity contribution is 6.31. The van der Waals surface area contributed by atoms with Crippen LogP contribution in [-0.4, -0.2) is 17.8 Å². The number of alkyl halides is 1. The first-order valence-corrected chi connectivity index (χ1v) is 6.55. The molecule has 17 heavy (non-hydrogen) atoms. The van der Waals surface area contributed by atoms with Gasteiger partial charge in [0.25, 0.3) is 0 Å². The minimum absolute atomic E-state index is 0.0143. The number of carbonyl (C=O) groups excluding carboxylic acids is 1. The van der Waals surface area contributed by atoms with Crippen LogP contribution in [0, 0.1) is 5.92 Å². The van der Waals surface area contributed by atoms with Gasteiger partial charge in [-0.05, 0) is 25.0 Å². The van der Waals surface area contributed by atoms with Crippen LogP contribution in [0.1, 0.15) is 19.4 Å². The average molecular weight is 274 g/mol. The van der Waals surface area contributed by atoms with E-state index in [0.717, 1.165) is 17.0 Å². The van der Waals surface area contributed by atoms with Gasteiger partial charge in [-0.3, -0.25) is 4.79 Å². The van der Waals surface area contributed by atoms with Crippen molar-refractivity contribution in [2.24, 2.45) is 5.92 Å². The molecule has 0 aliphatic rings. The van der Waals surface area contributed by atoms with Gasteiger partial charge in [-0.25, -0.2) is 0 Å². The lowest BCUT2D eigenvalue weighted by molar-refractivity contribution is -0.124. The van der Waals surface area contributed by atoms with E-state index in [1.165, 1.54) is 0 Å². The Morgan fingerprint density at radius 2 is 2.00 bits per heavy atom. The Morgan fingerprint density at radius 1 is 1.35 bits per heavy atom. The van der Waals surface area contributed by atoms with Crippen LogP contribution in [0.5, 0.6) is 0 Å². The zero-order valence-corrected chi connectivity index (χ0v) is 11.6. The quantitative estimate of drug-likeness (QED) is 0.820. The van der Waals surface area contributed by atoms with E-state index in [9.17, 15) is 4.79 Å². The van der Waals surface area contributed by atoms with Crippen LogP contribution in [0.3, 0.4) is 0 Å². The van der Waals surface area contributed by atoms with Crippen molar-refractivity contribution in [3.63, 3.8) is 0 Å². The average Bonchev–Trinajstić information content (AvgIpc) is 2.31. The van der Waals surface area contributed by atoms with Gasteiger partial charge in [-0.2, -0.15) is 0 Å². The summed E-state index contributed by atoms with van der Waals surface area (Å²) in [6.45, 7) is 3.77. The fourth-order valence-electron chi connectivity index (χ4n) is 1.50. The molecule has 1 aromatic rings. The first kappa shape index (κ1) is 14.3. The summed E-state index contributed by atoms with van der Waals surface area (Å²) in [5.41, 5.74) is 1.04. The van der Waals surface area contributed by atoms with Crippen molar-refractivity contribution in [1.29, 1.82) is 0 Å². The number of hydrogen-bond acceptors (Lipinski definition) is 1. The lowest BCUT2D eigenvalue weighted by Gasteiger charge is -2.17. The van der Waals surface area contributed by atoms with Crippen molar-refractivity contribution in [3.8, 4) is 0 Å². The molecule has 2 nitrogen and oxygen atoms in total. The van der Waals surface area contributed by atoms with Crippen LogP contribution in [0.25, 0.3) is 0 Å². The van der Waals surface area contributed by atoms with Gasteiger partial charge in [0.05, 0.1) is 0 Å². The summed E-state index contributed by atoms with van der Waals surface area (Å²) >= 11 is 11.7. The molecule has 0 aromatic heterocycles. The molecule has 0 spiro atoms. The number of halogens is 2. The minimum Gasteiger partial charge on any atom is -0.353 e. The number of carbonyl (C=O) groups is 1. The summed E-state index contributed by atoms with van der Waals surface area (Å²) < 4.78 is 0. The van der Waals surface area contributed by atoms with E-state index in [1.807, 2.05) is 38.1 Å². The molecule has 1 amide bonds. The van der Waals surface area contributed by atoms with Crippen molar-refractivity contribution in [1.82, 2.24) is 5.32 Å². The van der Waals surface area contributed by atoms with E-state index >= 15 is 0 Å². The zero-order chi connectivity index (χ0) is 12.8. The number of rotatable bonds is 5. The molecule has 0 aliphatic carbocycles. The van der Waals surface area contributed by atoms with Gasteiger partial charge in [0, 0.05) is 22.9 Å². The van der Waals surface area contributed by atoms with Crippen molar-refractivity contribution in [2.45, 2.75) is 26.3 Å². The highest BCUT2D eigenvalue weighted by Gasteiger charge is 2.14. The second kappa shape index (κ2) is 6.87. The molecule has 2 atom stereocenters. The Morgan fingerprint density at radius 3 is 2.59 bits per heavy atom. The molecule has 4 heteroatoms. The molecular weight excluding hydrogens is 257 g/mol. The Labute approximate surface area is 112 Å². The van der Waals surface area contributed by atoms with E-state index in [2.05, 4.69) is 5.32 Å². The fourth-order valence-corrected chi connectivity index (χ4v) is 1.85. The van der Waals surface area contributed by atoms with Crippen molar-refractivity contribution >= 4 is 29.1 Å². The van der Waals surface area contributed by atoms with Gasteiger partial charge in [0.1, 0.15) is 0 Å². The Kier molecular flexibility index (Phi) is 5.79. The molecule has 0 bridgehead atoms. The predicted molar refractivity (Wildman–Crippen MR) is 72.6 cm³/mol. The molecule has 0 fully saturated rings. The van der Waals surface area contributed by atoms with Crippen LogP contribution in [-0.2, 0) is 11.2 Å². The van der Waals surface area contributed by atoms with Crippen molar-refractivity contribution in [2.75, 3.05) is 5.88 Å². The monoisotopic (exact) mass is 273 g/mol. The van der Waals surface area contributed by atoms with E-state index in [1.54, 1.807) is 0 Å². The van der Waals surface area contributed by atoms with E-state index in [4.69, 9.17) is 23.2 Å². The normalized spacial score (nSPS) is 14.1. The van der Waals surface area contributed by atoms with Crippen molar-refractivity contribution in [3.05, 3.63) is 34.9 Å². The molecule has 1 N–H and O–H groups in total. The zero-order valence-electron chi connectivity index (χ0n) is 10.0. The summed E-state index contributed by atoms with van der Waals surface area (Å²) in [5, 5.41) is 3.66. The standard InChI is InChI=1S/C13H17Cl2NO/c1-9(8-14)13(17)16-10(2)7-11-5-3-4-6-12(11)15/h3-6,9-10H,7-8H2,1-2H3,(H,16,17). The van der Waals surface area contributed by atoms with E-state index in [0.29, 0.717) is 5.88 Å². The summed E-state index contributed by atoms with van der Waals surface area (Å²) in [5.74, 6) is 0.162. The van der Waals surface area contributed by atoms with Gasteiger partial charge >= 0.3 is 0 Å². The number of nitrogens with one attached hydrogen (secondary N) is 1. The van der Waals surface area contributed by atoms with Crippen LogP contribution in [0.4, 0.5) is 0 Å². The molecule has 2 unspecified atom stereocenters. The number of hydrogen-bond donors (Lipinski definition) is 1. The van der Waals surface area contributed by atoms with Crippen LogP contribution < -0.4 is 5.32 Å². The third kappa shape index (κ3) is 4.57. The highest BCUT2D eigenvalue weighted by atomic mass is 35.5. The summed E-state index contributed by atoms with van der Waals surface area (Å²) in [4.78, 5) is 11.6. The van der Waals surface area contributed by atoms with Gasteiger partial charge in [0.15, 0.2) is 0 Å². The van der Waals surface area contributed by atoms with Gasteiger partial charge in [-0.1, -0.05) is 36.7 Å². The highest BCUT2D eigenvalue weighted by Crippen LogP contribution is 2.16. The maximum absolute atomic E-state index is 11.6. The predicted octanol–water partition coefficient (Wildman–Crippen LogP) is 3.26. The van der Waals surface area contributed by atoms with Gasteiger partial charge in [-0.15, -0.1) is 11.6 Å². The van der Waals surface area contributed by atoms with Gasteiger partial charge in [0.2, 0.25) is 5.91 Å². The van der Waals surface area contributed by atoms with Crippen LogP contribution >= 0.6 is 23.2 Å².